The first-order valence-corrected chi connectivity index (χ1v) is 10.5. The first-order valence-electron chi connectivity index (χ1n) is 8.84. The molecule has 4 rings (SSSR count). The molecule has 0 aliphatic rings. The lowest BCUT2D eigenvalue weighted by Crippen LogP contribution is -2.16. The Hall–Kier alpha value is -2.21. The molecule has 0 saturated heterocycles. The number of fused-ring (bicyclic) bond motifs is 1. The summed E-state index contributed by atoms with van der Waals surface area (Å²) in [5.41, 5.74) is 3.24. The molecule has 0 saturated carbocycles. The molecule has 1 N–H and O–H groups in total. The highest BCUT2D eigenvalue weighted by Gasteiger charge is 2.09. The number of hydrogen-bond donors (Lipinski definition) is 1. The van der Waals surface area contributed by atoms with Gasteiger partial charge in [-0.3, -0.25) is 0 Å². The van der Waals surface area contributed by atoms with E-state index >= 15 is 0 Å². The predicted octanol–water partition coefficient (Wildman–Crippen LogP) is 5.75. The molecular weight excluding hydrogens is 420 g/mol. The molecular formula is C22H19BrN2OS. The molecule has 0 amide bonds. The summed E-state index contributed by atoms with van der Waals surface area (Å²) in [5.74, 6) is 0. The fourth-order valence-electron chi connectivity index (χ4n) is 3.12. The minimum Gasteiger partial charge on any atom is -0.396 e. The van der Waals surface area contributed by atoms with Crippen LogP contribution in [0.3, 0.4) is 0 Å². The Labute approximate surface area is 170 Å². The van der Waals surface area contributed by atoms with E-state index in [0.717, 1.165) is 38.1 Å². The van der Waals surface area contributed by atoms with Gasteiger partial charge in [0.15, 0.2) is 4.80 Å². The van der Waals surface area contributed by atoms with Gasteiger partial charge in [-0.15, -0.1) is 11.3 Å². The van der Waals surface area contributed by atoms with Crippen LogP contribution in [0.2, 0.25) is 0 Å². The molecule has 27 heavy (non-hydrogen) atoms. The third kappa shape index (κ3) is 3.90. The summed E-state index contributed by atoms with van der Waals surface area (Å²) in [6.07, 6.45) is 0.697. The van der Waals surface area contributed by atoms with Gasteiger partial charge in [0.1, 0.15) is 0 Å². The van der Waals surface area contributed by atoms with Gasteiger partial charge in [0, 0.05) is 28.4 Å². The van der Waals surface area contributed by atoms with Gasteiger partial charge in [0.2, 0.25) is 0 Å². The van der Waals surface area contributed by atoms with Gasteiger partial charge in [-0.1, -0.05) is 64.5 Å². The van der Waals surface area contributed by atoms with Crippen LogP contribution in [0.25, 0.3) is 22.0 Å². The number of aliphatic hydroxyl groups is 1. The van der Waals surface area contributed by atoms with E-state index in [1.54, 1.807) is 11.3 Å². The Morgan fingerprint density at radius 2 is 1.74 bits per heavy atom. The van der Waals surface area contributed by atoms with Crippen LogP contribution in [-0.4, -0.2) is 16.3 Å². The fourth-order valence-corrected chi connectivity index (χ4v) is 4.34. The molecule has 5 heteroatoms. The van der Waals surface area contributed by atoms with E-state index in [4.69, 9.17) is 4.99 Å². The Bertz CT molecular complexity index is 1120. The number of benzene rings is 3. The van der Waals surface area contributed by atoms with Gasteiger partial charge >= 0.3 is 0 Å². The van der Waals surface area contributed by atoms with Crippen molar-refractivity contribution in [3.63, 3.8) is 0 Å². The van der Waals surface area contributed by atoms with Crippen molar-refractivity contribution >= 4 is 43.7 Å². The Morgan fingerprint density at radius 1 is 0.963 bits per heavy atom. The van der Waals surface area contributed by atoms with Crippen molar-refractivity contribution in [2.45, 2.75) is 13.0 Å². The third-order valence-corrected chi connectivity index (χ3v) is 5.85. The summed E-state index contributed by atoms with van der Waals surface area (Å²) in [7, 11) is 0. The number of aliphatic hydroxyl groups excluding tert-OH is 1. The maximum Gasteiger partial charge on any atom is 0.190 e. The normalized spacial score (nSPS) is 12.0. The fraction of sp³-hybridized carbons (Fsp3) is 0.136. The molecule has 0 spiro atoms. The number of aromatic nitrogens is 1. The lowest BCUT2D eigenvalue weighted by atomic mass is 10.1. The average molecular weight is 439 g/mol. The van der Waals surface area contributed by atoms with E-state index in [-0.39, 0.29) is 6.61 Å². The van der Waals surface area contributed by atoms with Crippen molar-refractivity contribution in [3.8, 4) is 11.3 Å². The number of rotatable bonds is 5. The van der Waals surface area contributed by atoms with Crippen molar-refractivity contribution in [1.82, 2.24) is 4.57 Å². The zero-order chi connectivity index (χ0) is 18.6. The van der Waals surface area contributed by atoms with Crippen LogP contribution in [0.5, 0.6) is 0 Å². The second kappa shape index (κ2) is 8.21. The minimum atomic E-state index is 0.163. The molecule has 3 aromatic carbocycles. The molecule has 0 aliphatic heterocycles. The summed E-state index contributed by atoms with van der Waals surface area (Å²) in [4.78, 5) is 5.92. The topological polar surface area (TPSA) is 37.5 Å². The minimum absolute atomic E-state index is 0.163. The molecule has 3 nitrogen and oxygen atoms in total. The Balaban J connectivity index is 1.87. The average Bonchev–Trinajstić information content (AvgIpc) is 3.09. The van der Waals surface area contributed by atoms with Gasteiger partial charge in [-0.2, -0.15) is 0 Å². The summed E-state index contributed by atoms with van der Waals surface area (Å²) in [5, 5.41) is 13.8. The van der Waals surface area contributed by atoms with Crippen LogP contribution in [0.4, 0.5) is 5.69 Å². The lowest BCUT2D eigenvalue weighted by Gasteiger charge is -2.09. The summed E-state index contributed by atoms with van der Waals surface area (Å²) >= 11 is 5.13. The van der Waals surface area contributed by atoms with E-state index in [9.17, 15) is 5.11 Å². The molecule has 0 radical (unpaired) electrons. The first-order chi connectivity index (χ1) is 13.3. The first kappa shape index (κ1) is 18.2. The molecule has 4 aromatic rings. The molecule has 0 unspecified atom stereocenters. The standard InChI is InChI=1S/C22H19BrN2OS/c23-18-11-9-17(10-12-18)21-15-27-22(25(21)13-4-14-26)24-20-8-3-6-16-5-1-2-7-19(16)20/h1-3,5-12,15,26H,4,13-14H2. The predicted molar refractivity (Wildman–Crippen MR) is 116 cm³/mol. The summed E-state index contributed by atoms with van der Waals surface area (Å²) in [6.45, 7) is 0.894. The number of halogens is 1. The van der Waals surface area contributed by atoms with E-state index in [1.165, 1.54) is 5.39 Å². The number of nitrogens with zero attached hydrogens (tertiary/aromatic N) is 2. The van der Waals surface area contributed by atoms with Crippen LogP contribution in [0.15, 0.2) is 81.6 Å². The Kier molecular flexibility index (Phi) is 5.53. The number of hydrogen-bond acceptors (Lipinski definition) is 3. The SMILES string of the molecule is OCCCn1c(-c2ccc(Br)cc2)csc1=Nc1cccc2ccccc12. The van der Waals surface area contributed by atoms with E-state index in [2.05, 4.69) is 62.3 Å². The monoisotopic (exact) mass is 438 g/mol. The third-order valence-electron chi connectivity index (χ3n) is 4.46. The maximum absolute atomic E-state index is 9.34. The van der Waals surface area contributed by atoms with E-state index in [0.29, 0.717) is 6.42 Å². The molecule has 1 aromatic heterocycles. The van der Waals surface area contributed by atoms with Gasteiger partial charge < -0.3 is 9.67 Å². The summed E-state index contributed by atoms with van der Waals surface area (Å²) in [6, 6.07) is 22.8. The summed E-state index contributed by atoms with van der Waals surface area (Å²) < 4.78 is 3.26. The quantitative estimate of drug-likeness (QED) is 0.423. The van der Waals surface area contributed by atoms with Crippen molar-refractivity contribution in [2.75, 3.05) is 6.61 Å². The van der Waals surface area contributed by atoms with Crippen LogP contribution in [0.1, 0.15) is 6.42 Å². The van der Waals surface area contributed by atoms with Gasteiger partial charge in [-0.25, -0.2) is 4.99 Å². The molecule has 0 atom stereocenters. The van der Waals surface area contributed by atoms with Crippen LogP contribution >= 0.6 is 27.3 Å². The second-order valence-electron chi connectivity index (χ2n) is 6.25. The highest BCUT2D eigenvalue weighted by molar-refractivity contribution is 9.10. The highest BCUT2D eigenvalue weighted by Crippen LogP contribution is 2.27. The van der Waals surface area contributed by atoms with Crippen molar-refractivity contribution in [1.29, 1.82) is 0 Å². The molecule has 1 heterocycles. The Morgan fingerprint density at radius 3 is 2.56 bits per heavy atom. The second-order valence-corrected chi connectivity index (χ2v) is 8.00. The smallest absolute Gasteiger partial charge is 0.190 e. The van der Waals surface area contributed by atoms with E-state index in [1.807, 2.05) is 30.3 Å². The van der Waals surface area contributed by atoms with Crippen molar-refractivity contribution < 1.29 is 5.11 Å². The van der Waals surface area contributed by atoms with Crippen molar-refractivity contribution in [2.24, 2.45) is 4.99 Å². The maximum atomic E-state index is 9.34. The highest BCUT2D eigenvalue weighted by atomic mass is 79.9. The van der Waals surface area contributed by atoms with Crippen molar-refractivity contribution in [3.05, 3.63) is 81.4 Å². The lowest BCUT2D eigenvalue weighted by molar-refractivity contribution is 0.279. The van der Waals surface area contributed by atoms with E-state index < -0.39 is 0 Å². The molecule has 0 aliphatic carbocycles. The van der Waals surface area contributed by atoms with Crippen LogP contribution in [0, 0.1) is 0 Å². The zero-order valence-corrected chi connectivity index (χ0v) is 17.1. The van der Waals surface area contributed by atoms with Gasteiger partial charge in [-0.05, 0) is 35.6 Å². The van der Waals surface area contributed by atoms with Gasteiger partial charge in [0.05, 0.1) is 11.4 Å². The number of thiazole rings is 1. The van der Waals surface area contributed by atoms with Gasteiger partial charge in [0.25, 0.3) is 0 Å². The largest absolute Gasteiger partial charge is 0.396 e. The molecule has 0 fully saturated rings. The van der Waals surface area contributed by atoms with Crippen LogP contribution in [-0.2, 0) is 6.54 Å². The molecule has 0 bridgehead atoms. The molecule has 136 valence electrons. The zero-order valence-electron chi connectivity index (χ0n) is 14.7. The van der Waals surface area contributed by atoms with Crippen LogP contribution < -0.4 is 4.80 Å².